The number of nitrogens with one attached hydrogen (secondary N) is 1. The molecule has 0 aromatic heterocycles. The molecule has 3 aromatic rings. The summed E-state index contributed by atoms with van der Waals surface area (Å²) < 4.78 is 12.0. The summed E-state index contributed by atoms with van der Waals surface area (Å²) in [7, 11) is 0. The van der Waals surface area contributed by atoms with Crippen molar-refractivity contribution >= 4 is 28.9 Å². The van der Waals surface area contributed by atoms with Crippen molar-refractivity contribution in [2.24, 2.45) is 0 Å². The Morgan fingerprint density at radius 2 is 1.69 bits per heavy atom. The lowest BCUT2D eigenvalue weighted by Gasteiger charge is -2.17. The van der Waals surface area contributed by atoms with Crippen LogP contribution in [0.2, 0.25) is 10.0 Å². The molecule has 0 saturated carbocycles. The number of rotatable bonds is 8. The van der Waals surface area contributed by atoms with Crippen LogP contribution in [0.4, 0.5) is 5.69 Å². The Bertz CT molecular complexity index is 989. The maximum absolute atomic E-state index is 6.30. The number of ether oxygens (including phenoxy) is 2. The van der Waals surface area contributed by atoms with Gasteiger partial charge in [-0.25, -0.2) is 0 Å². The fraction of sp³-hybridized carbons (Fsp3) is 0.250. The van der Waals surface area contributed by atoms with Gasteiger partial charge in [-0.1, -0.05) is 47.5 Å². The zero-order chi connectivity index (χ0) is 20.8. The SMILES string of the molecule is CCOc1cccc(CNc2ccc(C)c(C)c2)c1OCc1ccc(Cl)cc1Cl. The van der Waals surface area contributed by atoms with Gasteiger partial charge >= 0.3 is 0 Å². The highest BCUT2D eigenvalue weighted by molar-refractivity contribution is 6.35. The third kappa shape index (κ3) is 5.59. The number of anilines is 1. The second-order valence-corrected chi connectivity index (χ2v) is 7.70. The van der Waals surface area contributed by atoms with Crippen molar-refractivity contribution in [1.82, 2.24) is 0 Å². The van der Waals surface area contributed by atoms with Gasteiger partial charge in [0.1, 0.15) is 6.61 Å². The highest BCUT2D eigenvalue weighted by atomic mass is 35.5. The monoisotopic (exact) mass is 429 g/mol. The molecule has 0 aliphatic carbocycles. The first-order chi connectivity index (χ1) is 14.0. The van der Waals surface area contributed by atoms with Gasteiger partial charge in [0.05, 0.1) is 6.61 Å². The summed E-state index contributed by atoms with van der Waals surface area (Å²) in [5, 5.41) is 4.66. The molecule has 5 heteroatoms. The molecule has 0 bridgehead atoms. The minimum atomic E-state index is 0.330. The molecule has 0 amide bonds. The molecule has 3 nitrogen and oxygen atoms in total. The van der Waals surface area contributed by atoms with E-state index in [1.807, 2.05) is 37.3 Å². The normalized spacial score (nSPS) is 10.7. The van der Waals surface area contributed by atoms with Crippen LogP contribution >= 0.6 is 23.2 Å². The highest BCUT2D eigenvalue weighted by Crippen LogP contribution is 2.33. The van der Waals surface area contributed by atoms with Gasteiger partial charge in [-0.3, -0.25) is 0 Å². The fourth-order valence-electron chi connectivity index (χ4n) is 2.97. The van der Waals surface area contributed by atoms with E-state index in [4.69, 9.17) is 32.7 Å². The number of aryl methyl sites for hydroxylation is 2. The molecule has 0 saturated heterocycles. The van der Waals surface area contributed by atoms with Gasteiger partial charge in [-0.15, -0.1) is 0 Å². The zero-order valence-corrected chi connectivity index (χ0v) is 18.4. The molecule has 152 valence electrons. The standard InChI is InChI=1S/C24H25Cl2NO2/c1-4-28-23-7-5-6-18(14-27-21-11-8-16(2)17(3)12-21)24(23)29-15-19-9-10-20(25)13-22(19)26/h5-13,27H,4,14-15H2,1-3H3. The van der Waals surface area contributed by atoms with Crippen LogP contribution in [0.3, 0.4) is 0 Å². The van der Waals surface area contributed by atoms with Gasteiger partial charge in [0.15, 0.2) is 11.5 Å². The number of para-hydroxylation sites is 1. The van der Waals surface area contributed by atoms with E-state index in [0.29, 0.717) is 29.8 Å². The topological polar surface area (TPSA) is 30.5 Å². The Kier molecular flexibility index (Phi) is 7.29. The minimum Gasteiger partial charge on any atom is -0.490 e. The maximum atomic E-state index is 6.30. The van der Waals surface area contributed by atoms with Gasteiger partial charge in [0, 0.05) is 33.4 Å². The van der Waals surface area contributed by atoms with Gasteiger partial charge in [-0.2, -0.15) is 0 Å². The summed E-state index contributed by atoms with van der Waals surface area (Å²) in [5.41, 5.74) is 5.49. The van der Waals surface area contributed by atoms with Crippen molar-refractivity contribution in [3.63, 3.8) is 0 Å². The molecule has 3 aromatic carbocycles. The van der Waals surface area contributed by atoms with E-state index >= 15 is 0 Å². The second kappa shape index (κ2) is 9.91. The second-order valence-electron chi connectivity index (χ2n) is 6.85. The fourth-order valence-corrected chi connectivity index (χ4v) is 3.43. The first kappa shape index (κ1) is 21.4. The quantitative estimate of drug-likeness (QED) is 0.410. The average molecular weight is 430 g/mol. The van der Waals surface area contributed by atoms with Gasteiger partial charge < -0.3 is 14.8 Å². The van der Waals surface area contributed by atoms with E-state index in [1.165, 1.54) is 11.1 Å². The predicted octanol–water partition coefficient (Wildman–Crippen LogP) is 7.20. The molecule has 0 radical (unpaired) electrons. The molecule has 0 aliphatic heterocycles. The van der Waals surface area contributed by atoms with E-state index in [0.717, 1.165) is 28.3 Å². The average Bonchev–Trinajstić information content (AvgIpc) is 2.69. The smallest absolute Gasteiger partial charge is 0.166 e. The van der Waals surface area contributed by atoms with Gasteiger partial charge in [-0.05, 0) is 62.2 Å². The molecule has 0 heterocycles. The molecular formula is C24H25Cl2NO2. The summed E-state index contributed by atoms with van der Waals surface area (Å²) in [6, 6.07) is 17.7. The third-order valence-corrected chi connectivity index (χ3v) is 5.32. The number of halogens is 2. The zero-order valence-electron chi connectivity index (χ0n) is 16.9. The van der Waals surface area contributed by atoms with Crippen molar-refractivity contribution in [1.29, 1.82) is 0 Å². The number of hydrogen-bond donors (Lipinski definition) is 1. The van der Waals surface area contributed by atoms with Crippen molar-refractivity contribution in [3.8, 4) is 11.5 Å². The van der Waals surface area contributed by atoms with E-state index in [1.54, 1.807) is 6.07 Å². The lowest BCUT2D eigenvalue weighted by molar-refractivity contribution is 0.267. The molecule has 1 N–H and O–H groups in total. The van der Waals surface area contributed by atoms with Crippen molar-refractivity contribution in [2.45, 2.75) is 33.9 Å². The summed E-state index contributed by atoms with van der Waals surface area (Å²) >= 11 is 12.3. The molecule has 29 heavy (non-hydrogen) atoms. The summed E-state index contributed by atoms with van der Waals surface area (Å²) in [5.74, 6) is 1.44. The third-order valence-electron chi connectivity index (χ3n) is 4.74. The van der Waals surface area contributed by atoms with Gasteiger partial charge in [0.2, 0.25) is 0 Å². The lowest BCUT2D eigenvalue weighted by Crippen LogP contribution is -2.06. The van der Waals surface area contributed by atoms with Crippen LogP contribution in [0, 0.1) is 13.8 Å². The Morgan fingerprint density at radius 1 is 0.862 bits per heavy atom. The van der Waals surface area contributed by atoms with Gasteiger partial charge in [0.25, 0.3) is 0 Å². The van der Waals surface area contributed by atoms with E-state index in [-0.39, 0.29) is 0 Å². The Morgan fingerprint density at radius 3 is 2.41 bits per heavy atom. The number of benzene rings is 3. The first-order valence-electron chi connectivity index (χ1n) is 9.60. The van der Waals surface area contributed by atoms with Crippen LogP contribution in [0.1, 0.15) is 29.2 Å². The largest absolute Gasteiger partial charge is 0.490 e. The molecular weight excluding hydrogens is 405 g/mol. The van der Waals surface area contributed by atoms with Crippen LogP contribution in [-0.2, 0) is 13.2 Å². The van der Waals surface area contributed by atoms with Crippen LogP contribution < -0.4 is 14.8 Å². The predicted molar refractivity (Wildman–Crippen MR) is 122 cm³/mol. The minimum absolute atomic E-state index is 0.330. The molecule has 3 rings (SSSR count). The Hall–Kier alpha value is -2.36. The molecule has 0 fully saturated rings. The van der Waals surface area contributed by atoms with E-state index in [9.17, 15) is 0 Å². The van der Waals surface area contributed by atoms with Crippen LogP contribution in [0.25, 0.3) is 0 Å². The number of hydrogen-bond acceptors (Lipinski definition) is 3. The summed E-state index contributed by atoms with van der Waals surface area (Å²) in [6.45, 7) is 7.69. The Balaban J connectivity index is 1.80. The highest BCUT2D eigenvalue weighted by Gasteiger charge is 2.13. The van der Waals surface area contributed by atoms with E-state index < -0.39 is 0 Å². The molecule has 0 aliphatic rings. The van der Waals surface area contributed by atoms with E-state index in [2.05, 4.69) is 37.4 Å². The first-order valence-corrected chi connectivity index (χ1v) is 10.4. The Labute approximate surface area is 182 Å². The van der Waals surface area contributed by atoms with Crippen LogP contribution in [0.5, 0.6) is 11.5 Å². The summed E-state index contributed by atoms with van der Waals surface area (Å²) in [6.07, 6.45) is 0. The van der Waals surface area contributed by atoms with Crippen molar-refractivity contribution < 1.29 is 9.47 Å². The molecule has 0 unspecified atom stereocenters. The maximum Gasteiger partial charge on any atom is 0.166 e. The molecule has 0 spiro atoms. The van der Waals surface area contributed by atoms with Crippen LogP contribution in [0.15, 0.2) is 54.6 Å². The summed E-state index contributed by atoms with van der Waals surface area (Å²) in [4.78, 5) is 0. The van der Waals surface area contributed by atoms with Crippen LogP contribution in [-0.4, -0.2) is 6.61 Å². The lowest BCUT2D eigenvalue weighted by atomic mass is 10.1. The van der Waals surface area contributed by atoms with Crippen molar-refractivity contribution in [3.05, 3.63) is 86.9 Å². The van der Waals surface area contributed by atoms with Crippen molar-refractivity contribution in [2.75, 3.05) is 11.9 Å². The molecule has 0 atom stereocenters.